The average molecular weight is 263 g/mol. The van der Waals surface area contributed by atoms with Crippen LogP contribution in [0.1, 0.15) is 16.1 Å². The number of hydrogen-bond acceptors (Lipinski definition) is 4. The van der Waals surface area contributed by atoms with Gasteiger partial charge in [-0.1, -0.05) is 17.7 Å². The lowest BCUT2D eigenvalue weighted by atomic mass is 10.2. The normalized spacial score (nSPS) is 10.0. The maximum atomic E-state index is 10.9. The van der Waals surface area contributed by atoms with Crippen LogP contribution in [0, 0.1) is 11.3 Å². The van der Waals surface area contributed by atoms with Gasteiger partial charge < -0.3 is 10.8 Å². The van der Waals surface area contributed by atoms with Gasteiger partial charge in [0.15, 0.2) is 5.69 Å². The zero-order valence-corrected chi connectivity index (χ0v) is 9.72. The van der Waals surface area contributed by atoms with Crippen molar-refractivity contribution < 1.29 is 9.90 Å². The molecule has 7 heteroatoms. The van der Waals surface area contributed by atoms with E-state index in [2.05, 4.69) is 5.10 Å². The third kappa shape index (κ3) is 1.87. The summed E-state index contributed by atoms with van der Waals surface area (Å²) in [6.45, 7) is 0. The number of nitriles is 1. The topological polar surface area (TPSA) is 105 Å². The highest BCUT2D eigenvalue weighted by molar-refractivity contribution is 6.30. The number of carboxylic acids is 1. The van der Waals surface area contributed by atoms with Crippen LogP contribution in [0.2, 0.25) is 5.02 Å². The molecule has 0 unspecified atom stereocenters. The van der Waals surface area contributed by atoms with Crippen molar-refractivity contribution in [2.45, 2.75) is 0 Å². The van der Waals surface area contributed by atoms with Crippen LogP contribution in [-0.2, 0) is 0 Å². The summed E-state index contributed by atoms with van der Waals surface area (Å²) in [4.78, 5) is 10.9. The Morgan fingerprint density at radius 3 is 2.78 bits per heavy atom. The predicted molar refractivity (Wildman–Crippen MR) is 64.7 cm³/mol. The number of rotatable bonds is 2. The van der Waals surface area contributed by atoms with Crippen molar-refractivity contribution in [1.29, 1.82) is 5.26 Å². The molecule has 1 aromatic carbocycles. The van der Waals surface area contributed by atoms with Crippen molar-refractivity contribution in [3.8, 4) is 11.8 Å². The van der Waals surface area contributed by atoms with Gasteiger partial charge >= 0.3 is 5.97 Å². The largest absolute Gasteiger partial charge is 0.476 e. The second-order valence-corrected chi connectivity index (χ2v) is 3.85. The van der Waals surface area contributed by atoms with Crippen molar-refractivity contribution in [3.05, 3.63) is 40.5 Å². The Kier molecular flexibility index (Phi) is 2.92. The van der Waals surface area contributed by atoms with Crippen molar-refractivity contribution in [2.75, 3.05) is 5.73 Å². The Morgan fingerprint density at radius 1 is 1.56 bits per heavy atom. The van der Waals surface area contributed by atoms with Crippen LogP contribution in [0.5, 0.6) is 0 Å². The minimum Gasteiger partial charge on any atom is -0.476 e. The number of hydrogen-bond donors (Lipinski definition) is 2. The van der Waals surface area contributed by atoms with Crippen LogP contribution in [0.4, 0.5) is 5.82 Å². The van der Waals surface area contributed by atoms with Crippen LogP contribution in [0.15, 0.2) is 24.3 Å². The van der Waals surface area contributed by atoms with Gasteiger partial charge in [-0.2, -0.15) is 10.4 Å². The van der Waals surface area contributed by atoms with Gasteiger partial charge in [-0.3, -0.25) is 0 Å². The molecule has 6 nitrogen and oxygen atoms in total. The molecule has 0 aliphatic heterocycles. The number of benzene rings is 1. The Hall–Kier alpha value is -2.52. The van der Waals surface area contributed by atoms with E-state index >= 15 is 0 Å². The summed E-state index contributed by atoms with van der Waals surface area (Å²) >= 11 is 5.83. The van der Waals surface area contributed by atoms with E-state index in [1.807, 2.05) is 0 Å². The molecule has 0 saturated heterocycles. The number of nitrogens with two attached hydrogens (primary N) is 1. The number of nitrogen functional groups attached to an aromatic ring is 1. The quantitative estimate of drug-likeness (QED) is 0.856. The monoisotopic (exact) mass is 262 g/mol. The number of aromatic nitrogens is 2. The minimum absolute atomic E-state index is 0.0304. The lowest BCUT2D eigenvalue weighted by molar-refractivity contribution is 0.0689. The number of halogens is 1. The Balaban J connectivity index is 2.67. The molecular formula is C11H7ClN4O2. The fraction of sp³-hybridized carbons (Fsp3) is 0. The van der Waals surface area contributed by atoms with Crippen molar-refractivity contribution in [1.82, 2.24) is 9.78 Å². The molecule has 2 rings (SSSR count). The number of aromatic carboxylic acids is 1. The molecule has 90 valence electrons. The highest BCUT2D eigenvalue weighted by atomic mass is 35.5. The molecule has 0 atom stereocenters. The molecule has 0 radical (unpaired) electrons. The van der Waals surface area contributed by atoms with E-state index in [-0.39, 0.29) is 17.1 Å². The SMILES string of the molecule is N#Cc1c(C(=O)O)nn(-c2cccc(Cl)c2)c1N. The van der Waals surface area contributed by atoms with Crippen LogP contribution in [0.25, 0.3) is 5.69 Å². The number of carbonyl (C=O) groups is 1. The molecule has 0 saturated carbocycles. The third-order valence-corrected chi connectivity index (χ3v) is 2.52. The van der Waals surface area contributed by atoms with E-state index in [0.29, 0.717) is 10.7 Å². The van der Waals surface area contributed by atoms with E-state index in [9.17, 15) is 4.79 Å². The Labute approximate surface area is 107 Å². The van der Waals surface area contributed by atoms with Crippen molar-refractivity contribution in [2.24, 2.45) is 0 Å². The van der Waals surface area contributed by atoms with Gasteiger partial charge in [-0.25, -0.2) is 9.48 Å². The molecule has 3 N–H and O–H groups in total. The first-order valence-electron chi connectivity index (χ1n) is 4.82. The van der Waals surface area contributed by atoms with Crippen molar-refractivity contribution in [3.63, 3.8) is 0 Å². The smallest absolute Gasteiger partial charge is 0.357 e. The second-order valence-electron chi connectivity index (χ2n) is 3.42. The van der Waals surface area contributed by atoms with Gasteiger partial charge in [0.25, 0.3) is 0 Å². The lowest BCUT2D eigenvalue weighted by Crippen LogP contribution is -2.03. The summed E-state index contributed by atoms with van der Waals surface area (Å²) in [6, 6.07) is 8.28. The van der Waals surface area contributed by atoms with Crippen LogP contribution < -0.4 is 5.73 Å². The summed E-state index contributed by atoms with van der Waals surface area (Å²) in [5, 5.41) is 22.1. The Morgan fingerprint density at radius 2 is 2.28 bits per heavy atom. The van der Waals surface area contributed by atoms with E-state index < -0.39 is 5.97 Å². The molecule has 0 aliphatic rings. The van der Waals surface area contributed by atoms with E-state index in [1.54, 1.807) is 30.3 Å². The van der Waals surface area contributed by atoms with Gasteiger partial charge in [0.2, 0.25) is 0 Å². The first-order chi connectivity index (χ1) is 8.54. The van der Waals surface area contributed by atoms with Crippen LogP contribution in [0.3, 0.4) is 0 Å². The maximum Gasteiger partial charge on any atom is 0.357 e. The first kappa shape index (κ1) is 12.0. The molecular weight excluding hydrogens is 256 g/mol. The lowest BCUT2D eigenvalue weighted by Gasteiger charge is -2.03. The summed E-state index contributed by atoms with van der Waals surface area (Å²) in [6.07, 6.45) is 0. The molecule has 1 aromatic heterocycles. The Bertz CT molecular complexity index is 672. The average Bonchev–Trinajstić information content (AvgIpc) is 2.66. The van der Waals surface area contributed by atoms with Crippen molar-refractivity contribution >= 4 is 23.4 Å². The fourth-order valence-electron chi connectivity index (χ4n) is 1.50. The molecule has 0 bridgehead atoms. The first-order valence-corrected chi connectivity index (χ1v) is 5.20. The highest BCUT2D eigenvalue weighted by Crippen LogP contribution is 2.22. The molecule has 0 spiro atoms. The summed E-state index contributed by atoms with van der Waals surface area (Å²) in [5.74, 6) is -1.34. The van der Waals surface area contributed by atoms with Gasteiger partial charge in [0, 0.05) is 5.02 Å². The summed E-state index contributed by atoms with van der Waals surface area (Å²) < 4.78 is 1.17. The predicted octanol–water partition coefficient (Wildman–Crippen LogP) is 1.68. The molecule has 0 fully saturated rings. The standard InChI is InChI=1S/C11H7ClN4O2/c12-6-2-1-3-7(4-6)16-10(14)8(5-13)9(15-16)11(17)18/h1-4H,14H2,(H,17,18). The molecule has 2 aromatic rings. The summed E-state index contributed by atoms with van der Waals surface area (Å²) in [7, 11) is 0. The van der Waals surface area contributed by atoms with Crippen LogP contribution in [-0.4, -0.2) is 20.9 Å². The van der Waals surface area contributed by atoms with Gasteiger partial charge in [0.05, 0.1) is 5.69 Å². The van der Waals surface area contributed by atoms with E-state index in [4.69, 9.17) is 27.7 Å². The molecule has 0 aliphatic carbocycles. The number of carboxylic acid groups (broad SMARTS) is 1. The molecule has 1 heterocycles. The zero-order chi connectivity index (χ0) is 13.3. The third-order valence-electron chi connectivity index (χ3n) is 2.29. The fourth-order valence-corrected chi connectivity index (χ4v) is 1.68. The van der Waals surface area contributed by atoms with Crippen LogP contribution >= 0.6 is 11.6 Å². The van der Waals surface area contributed by atoms with Gasteiger partial charge in [-0.15, -0.1) is 0 Å². The van der Waals surface area contributed by atoms with Gasteiger partial charge in [-0.05, 0) is 18.2 Å². The number of nitrogens with zero attached hydrogens (tertiary/aromatic N) is 3. The summed E-state index contributed by atoms with van der Waals surface area (Å²) in [5.41, 5.74) is 5.65. The molecule has 0 amide bonds. The highest BCUT2D eigenvalue weighted by Gasteiger charge is 2.21. The second kappa shape index (κ2) is 4.39. The number of anilines is 1. The van der Waals surface area contributed by atoms with E-state index in [1.165, 1.54) is 4.68 Å². The zero-order valence-electron chi connectivity index (χ0n) is 8.96. The minimum atomic E-state index is -1.31. The molecule has 18 heavy (non-hydrogen) atoms. The van der Waals surface area contributed by atoms with E-state index in [0.717, 1.165) is 0 Å². The van der Waals surface area contributed by atoms with Gasteiger partial charge in [0.1, 0.15) is 17.5 Å². The maximum absolute atomic E-state index is 10.9.